The Bertz CT molecular complexity index is 474. The first-order valence-electron chi connectivity index (χ1n) is 4.76. The zero-order valence-electron chi connectivity index (χ0n) is 8.81. The molecule has 2 N–H and O–H groups in total. The smallest absolute Gasteiger partial charge is 0.148 e. The highest BCUT2D eigenvalue weighted by Gasteiger charge is 2.08. The van der Waals surface area contributed by atoms with Crippen LogP contribution in [0, 0.1) is 13.8 Å². The maximum Gasteiger partial charge on any atom is 0.148 e. The van der Waals surface area contributed by atoms with Crippen LogP contribution in [0.1, 0.15) is 17.2 Å². The summed E-state index contributed by atoms with van der Waals surface area (Å²) in [5.74, 6) is 1.59. The zero-order chi connectivity index (χ0) is 10.8. The molecule has 0 aliphatic carbocycles. The quantitative estimate of drug-likeness (QED) is 0.781. The van der Waals surface area contributed by atoms with E-state index in [1.165, 1.54) is 0 Å². The molecule has 0 spiro atoms. The second kappa shape index (κ2) is 3.78. The number of nitrogens with two attached hydrogens (primary N) is 1. The summed E-state index contributed by atoms with van der Waals surface area (Å²) in [4.78, 5) is 8.32. The molecule has 2 heterocycles. The molecule has 0 atom stereocenters. The van der Waals surface area contributed by atoms with Crippen LogP contribution in [0.15, 0.2) is 18.5 Å². The lowest BCUT2D eigenvalue weighted by atomic mass is 10.2. The molecule has 2 rings (SSSR count). The summed E-state index contributed by atoms with van der Waals surface area (Å²) in [7, 11) is 0. The lowest BCUT2D eigenvalue weighted by molar-refractivity contribution is 0.809. The van der Waals surface area contributed by atoms with Gasteiger partial charge in [0, 0.05) is 12.7 Å². The summed E-state index contributed by atoms with van der Waals surface area (Å²) in [5.41, 5.74) is 7.57. The normalized spacial score (nSPS) is 10.6. The van der Waals surface area contributed by atoms with Crippen LogP contribution in [0.3, 0.4) is 0 Å². The average Bonchev–Trinajstić information content (AvgIpc) is 2.57. The molecule has 0 aliphatic rings. The third-order valence-electron chi connectivity index (χ3n) is 2.21. The summed E-state index contributed by atoms with van der Waals surface area (Å²) in [6, 6.07) is 1.89. The van der Waals surface area contributed by atoms with E-state index in [-0.39, 0.29) is 0 Å². The van der Waals surface area contributed by atoms with Crippen LogP contribution in [0.5, 0.6) is 0 Å². The van der Waals surface area contributed by atoms with E-state index in [1.807, 2.05) is 19.9 Å². The van der Waals surface area contributed by atoms with Gasteiger partial charge in [0.1, 0.15) is 11.6 Å². The second-order valence-electron chi connectivity index (χ2n) is 3.33. The van der Waals surface area contributed by atoms with Crippen molar-refractivity contribution in [1.29, 1.82) is 0 Å². The molecule has 0 amide bonds. The first-order chi connectivity index (χ1) is 7.22. The Labute approximate surface area is 88.0 Å². The van der Waals surface area contributed by atoms with Gasteiger partial charge in [-0.3, -0.25) is 4.98 Å². The number of aromatic nitrogens is 4. The Kier molecular flexibility index (Phi) is 2.47. The molecule has 5 nitrogen and oxygen atoms in total. The van der Waals surface area contributed by atoms with Crippen molar-refractivity contribution in [1.82, 2.24) is 19.7 Å². The third kappa shape index (κ3) is 1.73. The lowest BCUT2D eigenvalue weighted by Gasteiger charge is -2.07. The Hall–Kier alpha value is -1.75. The molecular weight excluding hydrogens is 190 g/mol. The largest absolute Gasteiger partial charge is 0.326 e. The highest BCUT2D eigenvalue weighted by Crippen LogP contribution is 2.13. The van der Waals surface area contributed by atoms with Gasteiger partial charge in [-0.1, -0.05) is 0 Å². The van der Waals surface area contributed by atoms with Gasteiger partial charge in [-0.05, 0) is 25.5 Å². The highest BCUT2D eigenvalue weighted by atomic mass is 15.3. The number of hydrogen-bond acceptors (Lipinski definition) is 4. The summed E-state index contributed by atoms with van der Waals surface area (Å²) in [6.45, 7) is 4.24. The number of rotatable bonds is 2. The van der Waals surface area contributed by atoms with Gasteiger partial charge in [-0.25, -0.2) is 9.67 Å². The van der Waals surface area contributed by atoms with Gasteiger partial charge < -0.3 is 5.73 Å². The number of aryl methyl sites for hydroxylation is 2. The van der Waals surface area contributed by atoms with Crippen LogP contribution in [-0.4, -0.2) is 19.7 Å². The van der Waals surface area contributed by atoms with E-state index in [0.29, 0.717) is 6.54 Å². The van der Waals surface area contributed by atoms with E-state index >= 15 is 0 Å². The van der Waals surface area contributed by atoms with Crippen molar-refractivity contribution in [3.63, 3.8) is 0 Å². The van der Waals surface area contributed by atoms with Crippen LogP contribution in [0.4, 0.5) is 0 Å². The fourth-order valence-corrected chi connectivity index (χ4v) is 1.53. The lowest BCUT2D eigenvalue weighted by Crippen LogP contribution is -2.07. The minimum Gasteiger partial charge on any atom is -0.326 e. The Balaban J connectivity index is 2.58. The molecule has 0 fully saturated rings. The Morgan fingerprint density at radius 1 is 1.40 bits per heavy atom. The molecule has 5 heteroatoms. The minimum atomic E-state index is 0.468. The molecule has 78 valence electrons. The van der Waals surface area contributed by atoms with Crippen molar-refractivity contribution in [2.75, 3.05) is 0 Å². The van der Waals surface area contributed by atoms with Gasteiger partial charge >= 0.3 is 0 Å². The monoisotopic (exact) mass is 203 g/mol. The van der Waals surface area contributed by atoms with Crippen LogP contribution >= 0.6 is 0 Å². The van der Waals surface area contributed by atoms with E-state index < -0.39 is 0 Å². The molecule has 2 aromatic rings. The summed E-state index contributed by atoms with van der Waals surface area (Å²) < 4.78 is 1.77. The first kappa shape index (κ1) is 9.79. The highest BCUT2D eigenvalue weighted by molar-refractivity contribution is 5.37. The van der Waals surface area contributed by atoms with Crippen molar-refractivity contribution >= 4 is 0 Å². The van der Waals surface area contributed by atoms with Crippen LogP contribution < -0.4 is 5.73 Å². The van der Waals surface area contributed by atoms with Gasteiger partial charge in [-0.2, -0.15) is 5.10 Å². The second-order valence-corrected chi connectivity index (χ2v) is 3.33. The fraction of sp³-hybridized carbons (Fsp3) is 0.300. The predicted octanol–water partition coefficient (Wildman–Crippen LogP) is 0.738. The van der Waals surface area contributed by atoms with Crippen molar-refractivity contribution in [3.8, 4) is 5.69 Å². The molecule has 0 aliphatic heterocycles. The van der Waals surface area contributed by atoms with E-state index in [4.69, 9.17) is 5.73 Å². The van der Waals surface area contributed by atoms with Gasteiger partial charge in [0.25, 0.3) is 0 Å². The average molecular weight is 203 g/mol. The summed E-state index contributed by atoms with van der Waals surface area (Å²) in [5, 5.41) is 4.30. The summed E-state index contributed by atoms with van der Waals surface area (Å²) in [6.07, 6.45) is 3.48. The Morgan fingerprint density at radius 3 is 2.80 bits per heavy atom. The maximum absolute atomic E-state index is 5.66. The number of pyridine rings is 1. The SMILES string of the molecule is Cc1nc(C)n(-c2cnccc2CN)n1. The van der Waals surface area contributed by atoms with Gasteiger partial charge in [0.2, 0.25) is 0 Å². The standard InChI is InChI=1S/C10H13N5/c1-7-13-8(2)15(14-7)10-6-12-4-3-9(10)5-11/h3-4,6H,5,11H2,1-2H3. The molecule has 2 aromatic heterocycles. The zero-order valence-corrected chi connectivity index (χ0v) is 8.81. The van der Waals surface area contributed by atoms with Gasteiger partial charge in [0.15, 0.2) is 0 Å². The van der Waals surface area contributed by atoms with E-state index in [9.17, 15) is 0 Å². The van der Waals surface area contributed by atoms with Gasteiger partial charge in [-0.15, -0.1) is 0 Å². The molecule has 0 bridgehead atoms. The predicted molar refractivity (Wildman–Crippen MR) is 56.5 cm³/mol. The van der Waals surface area contributed by atoms with E-state index in [1.54, 1.807) is 17.1 Å². The van der Waals surface area contributed by atoms with E-state index in [0.717, 1.165) is 22.9 Å². The number of hydrogen-bond donors (Lipinski definition) is 1. The van der Waals surface area contributed by atoms with Crippen molar-refractivity contribution in [2.24, 2.45) is 5.73 Å². The Morgan fingerprint density at radius 2 is 2.20 bits per heavy atom. The molecular formula is C10H13N5. The molecule has 0 aromatic carbocycles. The van der Waals surface area contributed by atoms with Crippen LogP contribution in [-0.2, 0) is 6.54 Å². The maximum atomic E-state index is 5.66. The molecule has 15 heavy (non-hydrogen) atoms. The fourth-order valence-electron chi connectivity index (χ4n) is 1.53. The molecule has 0 unspecified atom stereocenters. The number of nitrogens with zero attached hydrogens (tertiary/aromatic N) is 4. The van der Waals surface area contributed by atoms with Crippen LogP contribution in [0.2, 0.25) is 0 Å². The molecule has 0 saturated heterocycles. The van der Waals surface area contributed by atoms with Crippen molar-refractivity contribution in [2.45, 2.75) is 20.4 Å². The molecule has 0 radical (unpaired) electrons. The van der Waals surface area contributed by atoms with Crippen LogP contribution in [0.25, 0.3) is 5.69 Å². The van der Waals surface area contributed by atoms with Crippen molar-refractivity contribution in [3.05, 3.63) is 35.7 Å². The van der Waals surface area contributed by atoms with Gasteiger partial charge in [0.05, 0.1) is 11.9 Å². The van der Waals surface area contributed by atoms with Crippen molar-refractivity contribution < 1.29 is 0 Å². The van der Waals surface area contributed by atoms with E-state index in [2.05, 4.69) is 15.1 Å². The third-order valence-corrected chi connectivity index (χ3v) is 2.21. The topological polar surface area (TPSA) is 69.6 Å². The first-order valence-corrected chi connectivity index (χ1v) is 4.76. The minimum absolute atomic E-state index is 0.468. The molecule has 0 saturated carbocycles. The summed E-state index contributed by atoms with van der Waals surface area (Å²) >= 11 is 0.